The highest BCUT2D eigenvalue weighted by molar-refractivity contribution is 7.47. The number of likely N-dealkylation sites (N-methyl/N-ethyl adjacent to an activating group) is 1. The van der Waals surface area contributed by atoms with Gasteiger partial charge in [0.1, 0.15) is 19.3 Å². The van der Waals surface area contributed by atoms with Crippen molar-refractivity contribution in [3.63, 3.8) is 0 Å². The maximum atomic E-state index is 13.5. The van der Waals surface area contributed by atoms with Crippen LogP contribution in [0.4, 0.5) is 0 Å². The Morgan fingerprint density at radius 3 is 1.54 bits per heavy atom. The molecular weight excluding hydrogens is 856 g/mol. The fourth-order valence-corrected chi connectivity index (χ4v) is 8.41. The molecule has 1 amide bonds. The number of ether oxygens (including phenoxy) is 1. The first-order valence-corrected chi connectivity index (χ1v) is 29.1. The third-order valence-electron chi connectivity index (χ3n) is 12.0. The van der Waals surface area contributed by atoms with Crippen molar-refractivity contribution in [3.05, 3.63) is 60.8 Å². The van der Waals surface area contributed by atoms with Crippen LogP contribution in [0.2, 0.25) is 0 Å². The molecule has 0 aliphatic heterocycles. The van der Waals surface area contributed by atoms with Gasteiger partial charge in [-0.25, -0.2) is 4.57 Å². The Morgan fingerprint density at radius 2 is 1.00 bits per heavy atom. The minimum absolute atomic E-state index is 0.0350. The number of hydrogen-bond donors (Lipinski definition) is 2. The highest BCUT2D eigenvalue weighted by Gasteiger charge is 2.30. The Bertz CT molecular complexity index is 1340. The molecule has 0 rings (SSSR count). The highest BCUT2D eigenvalue weighted by Crippen LogP contribution is 2.43. The molecule has 0 bridgehead atoms. The van der Waals surface area contributed by atoms with Crippen LogP contribution in [0, 0.1) is 0 Å². The molecule has 0 spiro atoms. The van der Waals surface area contributed by atoms with E-state index in [0.29, 0.717) is 17.4 Å². The van der Waals surface area contributed by atoms with Crippen LogP contribution in [0.15, 0.2) is 60.8 Å². The fourth-order valence-electron chi connectivity index (χ4n) is 7.67. The standard InChI is InChI=1S/C57H105N2O7P/c1-7-10-13-16-19-22-25-28-30-31-34-37-40-43-46-49-56(60)58-54(53-65-67(62,63)64-52-51-59(4,5)6)55(48-45-42-39-36-33-27-24-21-18-15-12-9-3)66-57(61)50-47-44-41-38-35-32-29-26-23-20-17-14-11-8-2/h11,14,19-20,22-23,25,28,45,48,54-55H,7-10,12-13,15-18,21,24,26-27,29-44,46-47,49-53H2,1-6H3,(H-,58,60,62,63)/p+1/b14-11+,22-19+,23-20+,28-25+,48-45+. The van der Waals surface area contributed by atoms with Gasteiger partial charge in [0.15, 0.2) is 0 Å². The van der Waals surface area contributed by atoms with Gasteiger partial charge in [0.25, 0.3) is 0 Å². The van der Waals surface area contributed by atoms with Crippen LogP contribution in [0.1, 0.15) is 239 Å². The van der Waals surface area contributed by atoms with Crippen molar-refractivity contribution < 1.29 is 37.3 Å². The minimum Gasteiger partial charge on any atom is -0.456 e. The molecule has 67 heavy (non-hydrogen) atoms. The quantitative estimate of drug-likeness (QED) is 0.0156. The van der Waals surface area contributed by atoms with Gasteiger partial charge in [0.2, 0.25) is 5.91 Å². The van der Waals surface area contributed by atoms with E-state index in [2.05, 4.69) is 74.7 Å². The molecule has 0 heterocycles. The summed E-state index contributed by atoms with van der Waals surface area (Å²) in [6.07, 6.45) is 57.8. The van der Waals surface area contributed by atoms with Gasteiger partial charge in [-0.2, -0.15) is 0 Å². The lowest BCUT2D eigenvalue weighted by Crippen LogP contribution is -2.47. The maximum Gasteiger partial charge on any atom is 0.472 e. The second-order valence-corrected chi connectivity index (χ2v) is 21.2. The van der Waals surface area contributed by atoms with Gasteiger partial charge in [-0.05, 0) is 83.1 Å². The molecule has 3 unspecified atom stereocenters. The molecule has 390 valence electrons. The molecule has 0 aliphatic carbocycles. The molecule has 0 aliphatic rings. The van der Waals surface area contributed by atoms with E-state index in [1.54, 1.807) is 0 Å². The first kappa shape index (κ1) is 64.7. The summed E-state index contributed by atoms with van der Waals surface area (Å²) < 4.78 is 30.5. The molecule has 0 aromatic carbocycles. The minimum atomic E-state index is -4.45. The van der Waals surface area contributed by atoms with Gasteiger partial charge in [0.05, 0.1) is 33.8 Å². The van der Waals surface area contributed by atoms with Crippen LogP contribution in [0.3, 0.4) is 0 Å². The molecule has 0 aromatic rings. The molecule has 10 heteroatoms. The largest absolute Gasteiger partial charge is 0.472 e. The molecule has 2 N–H and O–H groups in total. The van der Waals surface area contributed by atoms with E-state index < -0.39 is 20.0 Å². The zero-order valence-corrected chi connectivity index (χ0v) is 45.3. The van der Waals surface area contributed by atoms with Gasteiger partial charge >= 0.3 is 13.8 Å². The van der Waals surface area contributed by atoms with Gasteiger partial charge in [-0.3, -0.25) is 18.6 Å². The summed E-state index contributed by atoms with van der Waals surface area (Å²) in [6, 6.07) is -0.857. The number of nitrogens with zero attached hydrogens (tertiary/aromatic N) is 1. The Hall–Kier alpha value is -2.29. The van der Waals surface area contributed by atoms with Crippen LogP contribution in [-0.4, -0.2) is 74.3 Å². The summed E-state index contributed by atoms with van der Waals surface area (Å²) in [7, 11) is 1.48. The van der Waals surface area contributed by atoms with E-state index in [1.807, 2.05) is 33.3 Å². The summed E-state index contributed by atoms with van der Waals surface area (Å²) in [5, 5.41) is 3.03. The van der Waals surface area contributed by atoms with Crippen molar-refractivity contribution >= 4 is 19.7 Å². The Morgan fingerprint density at radius 1 is 0.552 bits per heavy atom. The molecule has 0 saturated carbocycles. The smallest absolute Gasteiger partial charge is 0.456 e. The predicted molar refractivity (Wildman–Crippen MR) is 286 cm³/mol. The van der Waals surface area contributed by atoms with Gasteiger partial charge in [-0.1, -0.05) is 204 Å². The fraction of sp³-hybridized carbons (Fsp3) is 0.789. The second-order valence-electron chi connectivity index (χ2n) is 19.8. The molecule has 0 saturated heterocycles. The molecule has 0 aromatic heterocycles. The molecule has 0 radical (unpaired) electrons. The highest BCUT2D eigenvalue weighted by atomic mass is 31.2. The van der Waals surface area contributed by atoms with Crippen LogP contribution in [0.5, 0.6) is 0 Å². The molecular formula is C57H106N2O7P+. The third-order valence-corrected chi connectivity index (χ3v) is 13.0. The number of allylic oxidation sites excluding steroid dienone is 9. The zero-order chi connectivity index (χ0) is 49.4. The number of hydrogen-bond acceptors (Lipinski definition) is 6. The molecule has 3 atom stereocenters. The summed E-state index contributed by atoms with van der Waals surface area (Å²) in [6.45, 7) is 6.85. The summed E-state index contributed by atoms with van der Waals surface area (Å²) in [4.78, 5) is 37.5. The van der Waals surface area contributed by atoms with E-state index in [1.165, 1.54) is 103 Å². The van der Waals surface area contributed by atoms with Gasteiger partial charge < -0.3 is 19.4 Å². The normalized spacial score (nSPS) is 14.3. The average molecular weight is 962 g/mol. The van der Waals surface area contributed by atoms with E-state index in [-0.39, 0.29) is 31.5 Å². The predicted octanol–water partition coefficient (Wildman–Crippen LogP) is 16.3. The number of phosphoric ester groups is 1. The van der Waals surface area contributed by atoms with Crippen molar-refractivity contribution in [1.82, 2.24) is 5.32 Å². The maximum absolute atomic E-state index is 13.5. The second kappa shape index (κ2) is 47.4. The molecule has 0 fully saturated rings. The van der Waals surface area contributed by atoms with Crippen molar-refractivity contribution in [1.29, 1.82) is 0 Å². The lowest BCUT2D eigenvalue weighted by Gasteiger charge is -2.27. The van der Waals surface area contributed by atoms with E-state index in [0.717, 1.165) is 103 Å². The number of rotatable bonds is 49. The van der Waals surface area contributed by atoms with Crippen molar-refractivity contribution in [3.8, 4) is 0 Å². The monoisotopic (exact) mass is 962 g/mol. The number of phosphoric acid groups is 1. The van der Waals surface area contributed by atoms with Gasteiger partial charge in [0, 0.05) is 12.8 Å². The van der Waals surface area contributed by atoms with E-state index in [9.17, 15) is 19.0 Å². The molecule has 9 nitrogen and oxygen atoms in total. The topological polar surface area (TPSA) is 111 Å². The van der Waals surface area contributed by atoms with Gasteiger partial charge in [-0.15, -0.1) is 0 Å². The number of unbranched alkanes of at least 4 members (excludes halogenated alkanes) is 26. The first-order valence-electron chi connectivity index (χ1n) is 27.6. The zero-order valence-electron chi connectivity index (χ0n) is 44.4. The van der Waals surface area contributed by atoms with Crippen molar-refractivity contribution in [2.45, 2.75) is 251 Å². The Kier molecular flexibility index (Phi) is 45.8. The number of carbonyl (C=O) groups excluding carboxylic acids is 2. The van der Waals surface area contributed by atoms with Crippen molar-refractivity contribution in [2.24, 2.45) is 0 Å². The lowest BCUT2D eigenvalue weighted by atomic mass is 10.0. The SMILES string of the molecule is CC/C=C/C/C=C/CCCCCCCCCC(=O)OC(/C=C/CCCCCCCCCCCC)C(COP(=O)(O)OCC[N+](C)(C)C)NC(=O)CCCCCCCC/C=C/C=C/CCCCC. The number of esters is 1. The summed E-state index contributed by atoms with van der Waals surface area (Å²) in [5.41, 5.74) is 0. The lowest BCUT2D eigenvalue weighted by molar-refractivity contribution is -0.870. The van der Waals surface area contributed by atoms with E-state index in [4.69, 9.17) is 13.8 Å². The Labute approximate surface area is 413 Å². The van der Waals surface area contributed by atoms with Crippen LogP contribution in [-0.2, 0) is 27.9 Å². The number of carbonyl (C=O) groups is 2. The summed E-state index contributed by atoms with van der Waals surface area (Å²) in [5.74, 6) is -0.529. The average Bonchev–Trinajstić information content (AvgIpc) is 3.28. The number of amides is 1. The van der Waals surface area contributed by atoms with Crippen LogP contribution < -0.4 is 5.32 Å². The van der Waals surface area contributed by atoms with Crippen molar-refractivity contribution in [2.75, 3.05) is 40.9 Å². The first-order chi connectivity index (χ1) is 32.4. The van der Waals surface area contributed by atoms with E-state index >= 15 is 0 Å². The summed E-state index contributed by atoms with van der Waals surface area (Å²) >= 11 is 0. The Balaban J connectivity index is 5.42. The van der Waals surface area contributed by atoms with Crippen LogP contribution >= 0.6 is 7.82 Å². The van der Waals surface area contributed by atoms with Crippen LogP contribution in [0.25, 0.3) is 0 Å². The number of nitrogens with one attached hydrogen (secondary N) is 1. The third kappa shape index (κ3) is 48.5. The number of quaternary nitrogens is 1.